The minimum absolute atomic E-state index is 0.268. The number of fused-ring (bicyclic) bond motifs is 2. The minimum atomic E-state index is 0.268. The van der Waals surface area contributed by atoms with Gasteiger partial charge in [-0.05, 0) is 76.3 Å². The van der Waals surface area contributed by atoms with E-state index in [0.29, 0.717) is 29.8 Å². The van der Waals surface area contributed by atoms with E-state index in [-0.39, 0.29) is 5.92 Å². The SMILES string of the molecule is NC1C2CCCC1CC(C(=O)N1CCCC1CN1CCCC1)C2. The summed E-state index contributed by atoms with van der Waals surface area (Å²) in [5.41, 5.74) is 6.40. The van der Waals surface area contributed by atoms with Gasteiger partial charge in [0, 0.05) is 31.1 Å². The van der Waals surface area contributed by atoms with E-state index < -0.39 is 0 Å². The first-order valence-corrected chi connectivity index (χ1v) is 10.0. The maximum Gasteiger partial charge on any atom is 0.225 e. The van der Waals surface area contributed by atoms with Gasteiger partial charge < -0.3 is 15.5 Å². The van der Waals surface area contributed by atoms with E-state index >= 15 is 0 Å². The average molecular weight is 319 g/mol. The fourth-order valence-electron chi connectivity index (χ4n) is 5.80. The Morgan fingerprint density at radius 2 is 1.61 bits per heavy atom. The molecule has 4 heteroatoms. The zero-order chi connectivity index (χ0) is 15.8. The molecule has 0 aromatic carbocycles. The zero-order valence-corrected chi connectivity index (χ0v) is 14.5. The lowest BCUT2D eigenvalue weighted by atomic mass is 9.65. The van der Waals surface area contributed by atoms with E-state index in [1.807, 2.05) is 0 Å². The number of nitrogens with two attached hydrogens (primary N) is 1. The largest absolute Gasteiger partial charge is 0.338 e. The molecule has 1 amide bonds. The average Bonchev–Trinajstić information content (AvgIpc) is 3.18. The van der Waals surface area contributed by atoms with E-state index in [0.717, 1.165) is 25.9 Å². The predicted molar refractivity (Wildman–Crippen MR) is 91.9 cm³/mol. The summed E-state index contributed by atoms with van der Waals surface area (Å²) in [6.07, 6.45) is 11.0. The van der Waals surface area contributed by atoms with Crippen molar-refractivity contribution >= 4 is 5.91 Å². The molecule has 2 aliphatic carbocycles. The molecule has 2 saturated heterocycles. The molecule has 2 heterocycles. The van der Waals surface area contributed by atoms with Crippen molar-refractivity contribution in [2.45, 2.75) is 69.9 Å². The maximum absolute atomic E-state index is 13.2. The Balaban J connectivity index is 1.39. The molecule has 4 rings (SSSR count). The Bertz CT molecular complexity index is 420. The van der Waals surface area contributed by atoms with Gasteiger partial charge in [0.25, 0.3) is 0 Å². The highest BCUT2D eigenvalue weighted by Gasteiger charge is 2.43. The van der Waals surface area contributed by atoms with Crippen LogP contribution in [0.5, 0.6) is 0 Å². The molecule has 0 aromatic heterocycles. The van der Waals surface area contributed by atoms with Crippen LogP contribution in [0.4, 0.5) is 0 Å². The van der Waals surface area contributed by atoms with Crippen molar-refractivity contribution in [3.8, 4) is 0 Å². The Hall–Kier alpha value is -0.610. The Morgan fingerprint density at radius 1 is 0.913 bits per heavy atom. The fraction of sp³-hybridized carbons (Fsp3) is 0.947. The van der Waals surface area contributed by atoms with Crippen LogP contribution >= 0.6 is 0 Å². The summed E-state index contributed by atoms with van der Waals surface area (Å²) in [5.74, 6) is 1.95. The monoisotopic (exact) mass is 319 g/mol. The van der Waals surface area contributed by atoms with Crippen molar-refractivity contribution in [2.75, 3.05) is 26.2 Å². The van der Waals surface area contributed by atoms with Crippen molar-refractivity contribution in [1.29, 1.82) is 0 Å². The predicted octanol–water partition coefficient (Wildman–Crippen LogP) is 2.23. The van der Waals surface area contributed by atoms with Crippen LogP contribution in [0.15, 0.2) is 0 Å². The number of amides is 1. The lowest BCUT2D eigenvalue weighted by molar-refractivity contribution is -0.139. The van der Waals surface area contributed by atoms with E-state index in [9.17, 15) is 4.79 Å². The highest BCUT2D eigenvalue weighted by Crippen LogP contribution is 2.43. The molecular weight excluding hydrogens is 286 g/mol. The van der Waals surface area contributed by atoms with Gasteiger partial charge in [0.15, 0.2) is 0 Å². The summed E-state index contributed by atoms with van der Waals surface area (Å²) in [5, 5.41) is 0. The van der Waals surface area contributed by atoms with Crippen molar-refractivity contribution in [3.63, 3.8) is 0 Å². The van der Waals surface area contributed by atoms with Crippen molar-refractivity contribution in [1.82, 2.24) is 9.80 Å². The highest BCUT2D eigenvalue weighted by atomic mass is 16.2. The third-order valence-electron chi connectivity index (χ3n) is 7.09. The first-order valence-electron chi connectivity index (χ1n) is 10.0. The topological polar surface area (TPSA) is 49.6 Å². The molecule has 2 N–H and O–H groups in total. The third-order valence-corrected chi connectivity index (χ3v) is 7.09. The molecule has 3 atom stereocenters. The van der Waals surface area contributed by atoms with Gasteiger partial charge in [-0.3, -0.25) is 4.79 Å². The molecule has 0 radical (unpaired) electrons. The van der Waals surface area contributed by atoms with E-state index in [2.05, 4.69) is 9.80 Å². The molecule has 4 fully saturated rings. The Kier molecular flexibility index (Phi) is 4.64. The van der Waals surface area contributed by atoms with Crippen molar-refractivity contribution in [3.05, 3.63) is 0 Å². The first-order chi connectivity index (χ1) is 11.2. The van der Waals surface area contributed by atoms with Crippen LogP contribution in [-0.2, 0) is 4.79 Å². The van der Waals surface area contributed by atoms with Crippen LogP contribution in [0.25, 0.3) is 0 Å². The lowest BCUT2D eigenvalue weighted by Crippen LogP contribution is -2.51. The molecule has 4 nitrogen and oxygen atoms in total. The van der Waals surface area contributed by atoms with Crippen molar-refractivity contribution < 1.29 is 4.79 Å². The summed E-state index contributed by atoms with van der Waals surface area (Å²) >= 11 is 0. The lowest BCUT2D eigenvalue weighted by Gasteiger charge is -2.44. The summed E-state index contributed by atoms with van der Waals surface area (Å²) in [6.45, 7) is 4.59. The molecule has 0 aromatic rings. The minimum Gasteiger partial charge on any atom is -0.338 e. The molecule has 0 spiro atoms. The molecule has 3 unspecified atom stereocenters. The highest BCUT2D eigenvalue weighted by molar-refractivity contribution is 5.79. The number of hydrogen-bond donors (Lipinski definition) is 1. The normalized spacial score (nSPS) is 41.4. The van der Waals surface area contributed by atoms with Gasteiger partial charge in [-0.1, -0.05) is 6.42 Å². The summed E-state index contributed by atoms with van der Waals surface area (Å²) in [7, 11) is 0. The standard InChI is InChI=1S/C19H33N3O/c20-18-14-5-3-6-15(18)12-16(11-14)19(23)22-10-4-7-17(22)13-21-8-1-2-9-21/h14-18H,1-13,20H2. The van der Waals surface area contributed by atoms with Crippen LogP contribution < -0.4 is 5.73 Å². The molecule has 2 aliphatic heterocycles. The molecule has 2 bridgehead atoms. The van der Waals surface area contributed by atoms with Gasteiger partial charge in [-0.25, -0.2) is 0 Å². The first kappa shape index (κ1) is 15.9. The Morgan fingerprint density at radius 3 is 2.30 bits per heavy atom. The van der Waals surface area contributed by atoms with Gasteiger partial charge in [-0.2, -0.15) is 0 Å². The molecule has 2 saturated carbocycles. The fourth-order valence-corrected chi connectivity index (χ4v) is 5.80. The van der Waals surface area contributed by atoms with Gasteiger partial charge in [-0.15, -0.1) is 0 Å². The van der Waals surface area contributed by atoms with E-state index in [1.54, 1.807) is 0 Å². The van der Waals surface area contributed by atoms with Crippen LogP contribution in [0.2, 0.25) is 0 Å². The molecule has 130 valence electrons. The van der Waals surface area contributed by atoms with Gasteiger partial charge in [0.05, 0.1) is 0 Å². The second kappa shape index (κ2) is 6.72. The Labute approximate surface area is 140 Å². The third kappa shape index (κ3) is 3.17. The van der Waals surface area contributed by atoms with Crippen LogP contribution in [0, 0.1) is 17.8 Å². The molecule has 4 aliphatic rings. The number of carbonyl (C=O) groups is 1. The zero-order valence-electron chi connectivity index (χ0n) is 14.5. The number of hydrogen-bond acceptors (Lipinski definition) is 3. The summed E-state index contributed by atoms with van der Waals surface area (Å²) < 4.78 is 0. The second-order valence-electron chi connectivity index (χ2n) is 8.53. The van der Waals surface area contributed by atoms with E-state index in [1.165, 1.54) is 58.0 Å². The molecule has 23 heavy (non-hydrogen) atoms. The smallest absolute Gasteiger partial charge is 0.225 e. The van der Waals surface area contributed by atoms with Crippen LogP contribution in [0.3, 0.4) is 0 Å². The number of nitrogens with zero attached hydrogens (tertiary/aromatic N) is 2. The van der Waals surface area contributed by atoms with Gasteiger partial charge in [0.1, 0.15) is 0 Å². The van der Waals surface area contributed by atoms with Crippen LogP contribution in [0.1, 0.15) is 57.8 Å². The second-order valence-corrected chi connectivity index (χ2v) is 8.53. The molecular formula is C19H33N3O. The van der Waals surface area contributed by atoms with Crippen LogP contribution in [-0.4, -0.2) is 54.0 Å². The number of carbonyl (C=O) groups excluding carboxylic acids is 1. The maximum atomic E-state index is 13.2. The summed E-state index contributed by atoms with van der Waals surface area (Å²) in [4.78, 5) is 18.0. The quantitative estimate of drug-likeness (QED) is 0.868. The number of rotatable bonds is 3. The number of likely N-dealkylation sites (tertiary alicyclic amines) is 2. The van der Waals surface area contributed by atoms with Gasteiger partial charge in [0.2, 0.25) is 5.91 Å². The van der Waals surface area contributed by atoms with E-state index in [4.69, 9.17) is 5.73 Å². The summed E-state index contributed by atoms with van der Waals surface area (Å²) in [6, 6.07) is 0.850. The van der Waals surface area contributed by atoms with Gasteiger partial charge >= 0.3 is 0 Å². The van der Waals surface area contributed by atoms with Crippen molar-refractivity contribution in [2.24, 2.45) is 23.5 Å².